The molecule has 31 heavy (non-hydrogen) atoms. The highest BCUT2D eigenvalue weighted by molar-refractivity contribution is 7.15. The van der Waals surface area contributed by atoms with Crippen LogP contribution in [0.3, 0.4) is 0 Å². The predicted molar refractivity (Wildman–Crippen MR) is 121 cm³/mol. The first-order valence-electron chi connectivity index (χ1n) is 9.96. The third-order valence-corrected chi connectivity index (χ3v) is 6.65. The smallest absolute Gasteiger partial charge is 0.308 e. The Bertz CT molecular complexity index is 1160. The molecule has 3 heterocycles. The number of aromatic nitrogens is 3. The molecule has 0 amide bonds. The van der Waals surface area contributed by atoms with Gasteiger partial charge in [0.2, 0.25) is 0 Å². The summed E-state index contributed by atoms with van der Waals surface area (Å²) < 4.78 is 7.18. The molecular formula is C22H23ClN4O3S. The van der Waals surface area contributed by atoms with E-state index in [-0.39, 0.29) is 13.0 Å². The Labute approximate surface area is 189 Å². The van der Waals surface area contributed by atoms with E-state index < -0.39 is 18.1 Å². The van der Waals surface area contributed by atoms with Gasteiger partial charge in [0.1, 0.15) is 23.5 Å². The monoisotopic (exact) mass is 458 g/mol. The molecule has 1 aliphatic heterocycles. The van der Waals surface area contributed by atoms with Crippen molar-refractivity contribution < 1.29 is 14.6 Å². The first-order chi connectivity index (χ1) is 14.8. The summed E-state index contributed by atoms with van der Waals surface area (Å²) in [4.78, 5) is 18.7. The Kier molecular flexibility index (Phi) is 5.96. The summed E-state index contributed by atoms with van der Waals surface area (Å²) in [5, 5.41) is 19.7. The number of halogens is 1. The zero-order chi connectivity index (χ0) is 22.3. The maximum atomic E-state index is 12.5. The Morgan fingerprint density at radius 3 is 2.65 bits per heavy atom. The van der Waals surface area contributed by atoms with Crippen molar-refractivity contribution in [2.24, 2.45) is 4.99 Å². The number of esters is 1. The van der Waals surface area contributed by atoms with Crippen LogP contribution < -0.4 is 0 Å². The number of aryl methyl sites for hydroxylation is 2. The number of aliphatic hydroxyl groups is 1. The van der Waals surface area contributed by atoms with Gasteiger partial charge in [-0.2, -0.15) is 0 Å². The van der Waals surface area contributed by atoms with Crippen molar-refractivity contribution in [3.63, 3.8) is 0 Å². The van der Waals surface area contributed by atoms with Gasteiger partial charge in [-0.15, -0.1) is 21.5 Å². The predicted octanol–water partition coefficient (Wildman–Crippen LogP) is 4.11. The fourth-order valence-electron chi connectivity index (χ4n) is 3.56. The largest absolute Gasteiger partial charge is 0.463 e. The van der Waals surface area contributed by atoms with Gasteiger partial charge >= 0.3 is 5.97 Å². The van der Waals surface area contributed by atoms with Crippen molar-refractivity contribution in [1.29, 1.82) is 0 Å². The highest BCUT2D eigenvalue weighted by Crippen LogP contribution is 2.39. The van der Waals surface area contributed by atoms with Crippen LogP contribution in [-0.4, -0.2) is 44.3 Å². The van der Waals surface area contributed by atoms with E-state index in [1.165, 1.54) is 4.88 Å². The number of carbonyl (C=O) groups is 1. The summed E-state index contributed by atoms with van der Waals surface area (Å²) in [5.74, 6) is 0.876. The number of fused-ring (bicyclic) bond motifs is 3. The molecule has 0 fully saturated rings. The van der Waals surface area contributed by atoms with Gasteiger partial charge < -0.3 is 9.84 Å². The molecule has 2 atom stereocenters. The molecule has 0 spiro atoms. The fraction of sp³-hybridized carbons (Fsp3) is 0.364. The van der Waals surface area contributed by atoms with Gasteiger partial charge in [-0.3, -0.25) is 14.4 Å². The zero-order valence-electron chi connectivity index (χ0n) is 17.7. The molecule has 0 aliphatic carbocycles. The highest BCUT2D eigenvalue weighted by Gasteiger charge is 2.32. The Morgan fingerprint density at radius 1 is 1.26 bits per heavy atom. The second-order valence-corrected chi connectivity index (χ2v) is 9.28. The van der Waals surface area contributed by atoms with E-state index in [1.807, 2.05) is 35.8 Å². The van der Waals surface area contributed by atoms with Gasteiger partial charge in [0.05, 0.1) is 18.2 Å². The number of nitrogens with zero attached hydrogens (tertiary/aromatic N) is 4. The molecule has 1 aliphatic rings. The van der Waals surface area contributed by atoms with Crippen molar-refractivity contribution in [2.75, 3.05) is 6.61 Å². The first kappa shape index (κ1) is 21.7. The number of hydrogen-bond acceptors (Lipinski definition) is 7. The third kappa shape index (κ3) is 4.15. The average molecular weight is 459 g/mol. The molecule has 0 saturated heterocycles. The molecule has 1 N–H and O–H groups in total. The van der Waals surface area contributed by atoms with Crippen LogP contribution >= 0.6 is 22.9 Å². The van der Waals surface area contributed by atoms with Crippen LogP contribution in [0.1, 0.15) is 52.6 Å². The van der Waals surface area contributed by atoms with E-state index >= 15 is 0 Å². The van der Waals surface area contributed by atoms with E-state index in [2.05, 4.69) is 24.0 Å². The number of aliphatic imine (C=N–C) groups is 1. The highest BCUT2D eigenvalue weighted by atomic mass is 35.5. The number of hydrogen-bond donors (Lipinski definition) is 1. The lowest BCUT2D eigenvalue weighted by Gasteiger charge is -2.13. The minimum Gasteiger partial charge on any atom is -0.463 e. The van der Waals surface area contributed by atoms with E-state index in [9.17, 15) is 9.90 Å². The minimum absolute atomic E-state index is 0.00505. The molecule has 0 saturated carbocycles. The van der Waals surface area contributed by atoms with Crippen LogP contribution in [0.25, 0.3) is 5.00 Å². The second-order valence-electron chi connectivity index (χ2n) is 7.64. The van der Waals surface area contributed by atoms with Crippen molar-refractivity contribution >= 4 is 34.6 Å². The van der Waals surface area contributed by atoms with Crippen LogP contribution in [0.5, 0.6) is 0 Å². The summed E-state index contributed by atoms with van der Waals surface area (Å²) >= 11 is 7.77. The van der Waals surface area contributed by atoms with Crippen molar-refractivity contribution in [3.8, 4) is 5.00 Å². The summed E-state index contributed by atoms with van der Waals surface area (Å²) in [5.41, 5.74) is 3.83. The van der Waals surface area contributed by atoms with E-state index in [1.54, 1.807) is 18.3 Å². The van der Waals surface area contributed by atoms with E-state index in [0.717, 1.165) is 33.2 Å². The van der Waals surface area contributed by atoms with Crippen molar-refractivity contribution in [1.82, 2.24) is 14.8 Å². The van der Waals surface area contributed by atoms with Crippen LogP contribution in [-0.2, 0) is 9.53 Å². The Hall–Kier alpha value is -2.55. The van der Waals surface area contributed by atoms with Gasteiger partial charge in [0.15, 0.2) is 5.82 Å². The van der Waals surface area contributed by atoms with Gasteiger partial charge in [0.25, 0.3) is 0 Å². The molecule has 9 heteroatoms. The molecule has 0 bridgehead atoms. The number of aliphatic hydroxyl groups excluding tert-OH is 1. The Morgan fingerprint density at radius 2 is 1.97 bits per heavy atom. The van der Waals surface area contributed by atoms with Crippen LogP contribution in [0, 0.1) is 20.8 Å². The number of carbonyl (C=O) groups excluding carboxylic acids is 1. The van der Waals surface area contributed by atoms with Gasteiger partial charge in [-0.1, -0.05) is 23.7 Å². The zero-order valence-corrected chi connectivity index (χ0v) is 19.3. The standard InChI is InChI=1S/C22H23ClN4O3S/c1-11(28)10-30-18(29)9-17-21-26-25-14(4)27(21)22-19(12(2)13(3)31-22)20(24-17)15-5-7-16(23)8-6-15/h5-8,11,17,28H,9-10H2,1-4H3/t11?,17-/m0/s1. The molecule has 162 valence electrons. The molecule has 1 aromatic carbocycles. The number of benzene rings is 1. The molecule has 2 aromatic heterocycles. The summed E-state index contributed by atoms with van der Waals surface area (Å²) in [7, 11) is 0. The lowest BCUT2D eigenvalue weighted by atomic mass is 9.99. The summed E-state index contributed by atoms with van der Waals surface area (Å²) in [6.07, 6.45) is -0.732. The average Bonchev–Trinajstić information content (AvgIpc) is 3.19. The van der Waals surface area contributed by atoms with E-state index in [0.29, 0.717) is 10.8 Å². The van der Waals surface area contributed by atoms with Crippen LogP contribution in [0.4, 0.5) is 0 Å². The maximum Gasteiger partial charge on any atom is 0.308 e. The lowest BCUT2D eigenvalue weighted by molar-refractivity contribution is -0.146. The van der Waals surface area contributed by atoms with Crippen molar-refractivity contribution in [3.05, 3.63) is 62.5 Å². The SMILES string of the molecule is Cc1sc2c(c1C)C(c1ccc(Cl)cc1)=N[C@@H](CC(=O)OCC(C)O)c1nnc(C)n1-2. The molecular weight excluding hydrogens is 436 g/mol. The number of thiophene rings is 1. The molecule has 3 aromatic rings. The van der Waals surface area contributed by atoms with Gasteiger partial charge in [0, 0.05) is 21.0 Å². The fourth-order valence-corrected chi connectivity index (χ4v) is 4.90. The minimum atomic E-state index is -0.727. The molecule has 1 unspecified atom stereocenters. The number of rotatable bonds is 5. The van der Waals surface area contributed by atoms with Crippen LogP contribution in [0.2, 0.25) is 5.02 Å². The lowest BCUT2D eigenvalue weighted by Crippen LogP contribution is -2.18. The molecule has 0 radical (unpaired) electrons. The number of ether oxygens (including phenoxy) is 1. The topological polar surface area (TPSA) is 89.6 Å². The third-order valence-electron chi connectivity index (χ3n) is 5.20. The summed E-state index contributed by atoms with van der Waals surface area (Å²) in [6.45, 7) is 7.56. The summed E-state index contributed by atoms with van der Waals surface area (Å²) in [6, 6.07) is 6.94. The van der Waals surface area contributed by atoms with E-state index in [4.69, 9.17) is 21.3 Å². The van der Waals surface area contributed by atoms with Crippen molar-refractivity contribution in [2.45, 2.75) is 46.3 Å². The molecule has 4 rings (SSSR count). The Balaban J connectivity index is 1.87. The van der Waals surface area contributed by atoms with Crippen LogP contribution in [0.15, 0.2) is 29.3 Å². The second kappa shape index (κ2) is 8.53. The maximum absolute atomic E-state index is 12.5. The first-order valence-corrected chi connectivity index (χ1v) is 11.2. The molecule has 7 nitrogen and oxygen atoms in total. The quantitative estimate of drug-likeness (QED) is 0.581. The van der Waals surface area contributed by atoms with Gasteiger partial charge in [-0.25, -0.2) is 0 Å². The van der Waals surface area contributed by atoms with Gasteiger partial charge in [-0.05, 0) is 45.4 Å². The normalized spacial score (nSPS) is 16.2.